The molecule has 0 fully saturated rings. The molecule has 1 amide bonds. The molecular formula is C22H21N7O. The van der Waals surface area contributed by atoms with Crippen LogP contribution in [0.4, 0.5) is 23.0 Å². The highest BCUT2D eigenvalue weighted by molar-refractivity contribution is 6.03. The summed E-state index contributed by atoms with van der Waals surface area (Å²) in [6.07, 6.45) is 1.48. The number of anilines is 4. The molecule has 30 heavy (non-hydrogen) atoms. The number of hydrogen-bond acceptors (Lipinski definition) is 7. The fourth-order valence-electron chi connectivity index (χ4n) is 2.89. The zero-order valence-corrected chi connectivity index (χ0v) is 16.9. The highest BCUT2D eigenvalue weighted by Crippen LogP contribution is 2.21. The van der Waals surface area contributed by atoms with Crippen LogP contribution in [-0.2, 0) is 0 Å². The van der Waals surface area contributed by atoms with Crippen LogP contribution in [0.2, 0.25) is 0 Å². The van der Waals surface area contributed by atoms with Gasteiger partial charge in [0, 0.05) is 31.5 Å². The lowest BCUT2D eigenvalue weighted by molar-refractivity contribution is 0.102. The molecule has 4 rings (SSSR count). The molecule has 2 heterocycles. The molecule has 0 spiro atoms. The third-order valence-electron chi connectivity index (χ3n) is 4.38. The normalized spacial score (nSPS) is 10.6. The van der Waals surface area contributed by atoms with Gasteiger partial charge >= 0.3 is 0 Å². The van der Waals surface area contributed by atoms with E-state index in [2.05, 4.69) is 30.6 Å². The van der Waals surface area contributed by atoms with E-state index in [0.29, 0.717) is 22.8 Å². The van der Waals surface area contributed by atoms with E-state index in [1.807, 2.05) is 80.5 Å². The molecule has 0 atom stereocenters. The Kier molecular flexibility index (Phi) is 5.21. The number of carbonyl (C=O) groups excluding carboxylic acids is 1. The first-order valence-corrected chi connectivity index (χ1v) is 9.41. The third kappa shape index (κ3) is 4.33. The largest absolute Gasteiger partial charge is 0.363 e. The van der Waals surface area contributed by atoms with Crippen molar-refractivity contribution in [3.05, 3.63) is 72.3 Å². The van der Waals surface area contributed by atoms with E-state index in [0.717, 1.165) is 17.0 Å². The van der Waals surface area contributed by atoms with Crippen LogP contribution in [0.15, 0.2) is 60.8 Å². The van der Waals surface area contributed by atoms with Crippen molar-refractivity contribution in [1.82, 2.24) is 19.9 Å². The van der Waals surface area contributed by atoms with Gasteiger partial charge in [0.15, 0.2) is 0 Å². The Morgan fingerprint density at radius 2 is 1.60 bits per heavy atom. The molecule has 0 bridgehead atoms. The maximum absolute atomic E-state index is 12.5. The molecule has 2 aromatic heterocycles. The van der Waals surface area contributed by atoms with Crippen molar-refractivity contribution in [2.75, 3.05) is 29.6 Å². The van der Waals surface area contributed by atoms with Gasteiger partial charge in [-0.15, -0.1) is 0 Å². The summed E-state index contributed by atoms with van der Waals surface area (Å²) < 4.78 is 0. The topological polar surface area (TPSA) is 95.9 Å². The summed E-state index contributed by atoms with van der Waals surface area (Å²) in [5.41, 5.74) is 3.21. The van der Waals surface area contributed by atoms with Crippen LogP contribution < -0.4 is 15.5 Å². The van der Waals surface area contributed by atoms with Crippen LogP contribution >= 0.6 is 0 Å². The van der Waals surface area contributed by atoms with Crippen molar-refractivity contribution < 1.29 is 4.79 Å². The summed E-state index contributed by atoms with van der Waals surface area (Å²) in [7, 11) is 3.87. The summed E-state index contributed by atoms with van der Waals surface area (Å²) in [5.74, 6) is 1.90. The Morgan fingerprint density at radius 1 is 0.900 bits per heavy atom. The number of nitrogens with zero attached hydrogens (tertiary/aromatic N) is 5. The van der Waals surface area contributed by atoms with Gasteiger partial charge in [-0.2, -0.15) is 0 Å². The maximum Gasteiger partial charge on any atom is 0.275 e. The fraction of sp³-hybridized carbons (Fsp3) is 0.136. The predicted molar refractivity (Wildman–Crippen MR) is 118 cm³/mol. The summed E-state index contributed by atoms with van der Waals surface area (Å²) in [4.78, 5) is 31.9. The number of amides is 1. The summed E-state index contributed by atoms with van der Waals surface area (Å²) in [6, 6.07) is 16.7. The molecule has 8 heteroatoms. The zero-order valence-electron chi connectivity index (χ0n) is 16.9. The van der Waals surface area contributed by atoms with Gasteiger partial charge < -0.3 is 15.5 Å². The second-order valence-electron chi connectivity index (χ2n) is 6.95. The molecule has 0 saturated carbocycles. The molecule has 0 radical (unpaired) electrons. The fourth-order valence-corrected chi connectivity index (χ4v) is 2.89. The van der Waals surface area contributed by atoms with Gasteiger partial charge in [-0.05, 0) is 43.3 Å². The second kappa shape index (κ2) is 8.12. The van der Waals surface area contributed by atoms with Crippen LogP contribution in [0.1, 0.15) is 16.3 Å². The Balaban J connectivity index is 1.46. The average molecular weight is 399 g/mol. The van der Waals surface area contributed by atoms with Crippen LogP contribution in [0.5, 0.6) is 0 Å². The number of nitrogens with one attached hydrogen (secondary N) is 2. The SMILES string of the molecule is Cc1nc(Nc2ccc(NC(=O)c3cnc4ccccc4n3)cc2)cc(N(C)C)n1. The number of para-hydroxylation sites is 2. The smallest absolute Gasteiger partial charge is 0.275 e. The molecule has 150 valence electrons. The highest BCUT2D eigenvalue weighted by Gasteiger charge is 2.10. The van der Waals surface area contributed by atoms with Crippen LogP contribution in [-0.4, -0.2) is 39.9 Å². The number of hydrogen-bond donors (Lipinski definition) is 2. The molecule has 0 aliphatic heterocycles. The lowest BCUT2D eigenvalue weighted by Gasteiger charge is -2.14. The van der Waals surface area contributed by atoms with Gasteiger partial charge in [-0.3, -0.25) is 9.78 Å². The van der Waals surface area contributed by atoms with Crippen LogP contribution in [0, 0.1) is 6.92 Å². The summed E-state index contributed by atoms with van der Waals surface area (Å²) in [6.45, 7) is 1.85. The Morgan fingerprint density at radius 3 is 2.33 bits per heavy atom. The standard InChI is InChI=1S/C22H21N7O/c1-14-24-20(12-21(25-14)29(2)3)26-15-8-10-16(11-9-15)27-22(30)19-13-23-17-6-4-5-7-18(17)28-19/h4-13H,1-3H3,(H,27,30)(H,24,25,26). The van der Waals surface area contributed by atoms with Gasteiger partial charge in [-0.25, -0.2) is 15.0 Å². The van der Waals surface area contributed by atoms with Crippen molar-refractivity contribution in [2.45, 2.75) is 6.92 Å². The second-order valence-corrected chi connectivity index (χ2v) is 6.95. The molecule has 4 aromatic rings. The van der Waals surface area contributed by atoms with E-state index >= 15 is 0 Å². The predicted octanol–water partition coefficient (Wildman–Crippen LogP) is 3.79. The molecule has 0 aliphatic rings. The maximum atomic E-state index is 12.5. The number of aromatic nitrogens is 4. The van der Waals surface area contributed by atoms with E-state index in [1.54, 1.807) is 0 Å². The average Bonchev–Trinajstić information content (AvgIpc) is 2.74. The molecular weight excluding hydrogens is 378 g/mol. The Bertz CT molecular complexity index is 1210. The number of aryl methyl sites for hydroxylation is 1. The van der Waals surface area contributed by atoms with Gasteiger partial charge in [0.2, 0.25) is 0 Å². The Hall–Kier alpha value is -4.07. The first-order chi connectivity index (χ1) is 14.5. The number of fused-ring (bicyclic) bond motifs is 1. The van der Waals surface area contributed by atoms with E-state index < -0.39 is 0 Å². The van der Waals surface area contributed by atoms with Crippen LogP contribution in [0.3, 0.4) is 0 Å². The van der Waals surface area contributed by atoms with Crippen molar-refractivity contribution in [1.29, 1.82) is 0 Å². The first-order valence-electron chi connectivity index (χ1n) is 9.41. The quantitative estimate of drug-likeness (QED) is 0.527. The molecule has 2 aromatic carbocycles. The minimum atomic E-state index is -0.309. The van der Waals surface area contributed by atoms with Gasteiger partial charge in [0.1, 0.15) is 23.2 Å². The highest BCUT2D eigenvalue weighted by atomic mass is 16.1. The van der Waals surface area contributed by atoms with E-state index in [-0.39, 0.29) is 11.6 Å². The molecule has 0 unspecified atom stereocenters. The Labute approximate surface area is 174 Å². The molecule has 8 nitrogen and oxygen atoms in total. The summed E-state index contributed by atoms with van der Waals surface area (Å²) >= 11 is 0. The van der Waals surface area contributed by atoms with Gasteiger partial charge in [-0.1, -0.05) is 12.1 Å². The van der Waals surface area contributed by atoms with E-state index in [1.165, 1.54) is 6.20 Å². The van der Waals surface area contributed by atoms with Crippen molar-refractivity contribution in [2.24, 2.45) is 0 Å². The molecule has 2 N–H and O–H groups in total. The van der Waals surface area contributed by atoms with Crippen molar-refractivity contribution in [3.8, 4) is 0 Å². The van der Waals surface area contributed by atoms with Crippen molar-refractivity contribution in [3.63, 3.8) is 0 Å². The number of rotatable bonds is 5. The monoisotopic (exact) mass is 399 g/mol. The lowest BCUT2D eigenvalue weighted by atomic mass is 10.2. The van der Waals surface area contributed by atoms with Gasteiger partial charge in [0.25, 0.3) is 5.91 Å². The van der Waals surface area contributed by atoms with Gasteiger partial charge in [0.05, 0.1) is 17.2 Å². The van der Waals surface area contributed by atoms with E-state index in [4.69, 9.17) is 0 Å². The number of benzene rings is 2. The molecule has 0 saturated heterocycles. The minimum absolute atomic E-state index is 0.267. The molecule has 0 aliphatic carbocycles. The third-order valence-corrected chi connectivity index (χ3v) is 4.38. The number of carbonyl (C=O) groups is 1. The van der Waals surface area contributed by atoms with Crippen molar-refractivity contribution >= 4 is 40.0 Å². The summed E-state index contributed by atoms with van der Waals surface area (Å²) in [5, 5.41) is 6.11. The first kappa shape index (κ1) is 19.3. The van der Waals surface area contributed by atoms with Crippen LogP contribution in [0.25, 0.3) is 11.0 Å². The zero-order chi connectivity index (χ0) is 21.1. The minimum Gasteiger partial charge on any atom is -0.363 e. The van der Waals surface area contributed by atoms with E-state index in [9.17, 15) is 4.79 Å². The lowest BCUT2D eigenvalue weighted by Crippen LogP contribution is -2.14.